The first kappa shape index (κ1) is 26.9. The number of carbonyl (C=O) groups excluding carboxylic acids is 1. The molecule has 3 heterocycles. The molecule has 0 radical (unpaired) electrons. The number of amides is 1. The van der Waals surface area contributed by atoms with Crippen molar-refractivity contribution >= 4 is 35.1 Å². The quantitative estimate of drug-likeness (QED) is 0.374. The molecule has 8 heteroatoms. The molecule has 6 atom stereocenters. The lowest BCUT2D eigenvalue weighted by atomic mass is 9.67. The van der Waals surface area contributed by atoms with Crippen LogP contribution in [-0.2, 0) is 21.3 Å². The van der Waals surface area contributed by atoms with Crippen molar-refractivity contribution in [1.82, 2.24) is 4.72 Å². The average molecular weight is 583 g/mol. The molecule has 1 spiro atoms. The zero-order chi connectivity index (χ0) is 27.3. The third kappa shape index (κ3) is 5.12. The van der Waals surface area contributed by atoms with Crippen LogP contribution in [-0.4, -0.2) is 56.3 Å². The molecule has 0 unspecified atom stereocenters. The van der Waals surface area contributed by atoms with Crippen LogP contribution < -0.4 is 14.4 Å². The lowest BCUT2D eigenvalue weighted by molar-refractivity contribution is -0.116. The second kappa shape index (κ2) is 11.0. The van der Waals surface area contributed by atoms with Gasteiger partial charge in [-0.25, -0.2) is 0 Å². The minimum absolute atomic E-state index is 0.0732. The molecule has 4 bridgehead atoms. The van der Waals surface area contributed by atoms with E-state index in [9.17, 15) is 4.79 Å². The molecule has 7 rings (SSSR count). The van der Waals surface area contributed by atoms with Crippen molar-refractivity contribution in [1.29, 1.82) is 0 Å². The molecule has 214 valence electrons. The molecule has 2 aromatic carbocycles. The van der Waals surface area contributed by atoms with Crippen molar-refractivity contribution < 1.29 is 19.0 Å². The Morgan fingerprint density at radius 2 is 2.05 bits per heavy atom. The van der Waals surface area contributed by atoms with Gasteiger partial charge in [-0.2, -0.15) is 0 Å². The van der Waals surface area contributed by atoms with E-state index in [0.717, 1.165) is 68.3 Å². The van der Waals surface area contributed by atoms with Crippen molar-refractivity contribution in [3.63, 3.8) is 0 Å². The molecule has 40 heavy (non-hydrogen) atoms. The summed E-state index contributed by atoms with van der Waals surface area (Å²) in [5.41, 5.74) is 4.29. The van der Waals surface area contributed by atoms with Crippen molar-refractivity contribution in [2.75, 3.05) is 37.8 Å². The number of aryl methyl sites for hydroxylation is 1. The number of hydrogen-bond donors (Lipinski definition) is 1. The molecule has 2 aliphatic carbocycles. The first-order valence-corrected chi connectivity index (χ1v) is 16.2. The van der Waals surface area contributed by atoms with E-state index in [4.69, 9.17) is 25.8 Å². The molecule has 5 aliphatic rings. The zero-order valence-corrected chi connectivity index (χ0v) is 24.8. The Morgan fingerprint density at radius 3 is 2.92 bits per heavy atom. The van der Waals surface area contributed by atoms with Crippen LogP contribution in [0.5, 0.6) is 5.75 Å². The van der Waals surface area contributed by atoms with Crippen molar-refractivity contribution in [3.05, 3.63) is 58.1 Å². The van der Waals surface area contributed by atoms with Gasteiger partial charge in [0.15, 0.2) is 0 Å². The number of carbonyl (C=O) groups is 1. The van der Waals surface area contributed by atoms with E-state index in [1.165, 1.54) is 35.9 Å². The van der Waals surface area contributed by atoms with Crippen LogP contribution >= 0.6 is 23.5 Å². The number of rotatable bonds is 0. The number of ether oxygens (including phenoxy) is 3. The maximum absolute atomic E-state index is 13.3. The summed E-state index contributed by atoms with van der Waals surface area (Å²) in [5, 5.41) is 0.962. The number of fused-ring (bicyclic) bond motifs is 7. The summed E-state index contributed by atoms with van der Waals surface area (Å²) in [5.74, 6) is 1.88. The number of halogens is 1. The van der Waals surface area contributed by atoms with Gasteiger partial charge in [-0.3, -0.25) is 9.52 Å². The summed E-state index contributed by atoms with van der Waals surface area (Å²) in [6, 6.07) is 12.3. The fourth-order valence-electron chi connectivity index (χ4n) is 7.61. The molecule has 1 saturated carbocycles. The standard InChI is InChI=1S/C32H39ClN2O4S/c1-20-17-38-25-10-12-37-30(15-25)26-7-4-23(26)16-35-18-32(11-2-3-21-13-24(33)6-8-27(21)32)19-39-29-9-5-22(14-28(29)35)31(36)34-40-20/h5-6,8-9,13-14,20,23,25-26,30H,2-4,7,10-12,15-19H2,1H3,(H,34,36)/t20-,23-,25-,26+,30-,32-/m0/s1. The van der Waals surface area contributed by atoms with Gasteiger partial charge in [0.25, 0.3) is 5.91 Å². The first-order valence-electron chi connectivity index (χ1n) is 15.0. The summed E-state index contributed by atoms with van der Waals surface area (Å²) in [6.07, 6.45) is 8.06. The van der Waals surface area contributed by atoms with E-state index in [2.05, 4.69) is 28.7 Å². The van der Waals surface area contributed by atoms with Crippen LogP contribution in [0.1, 0.15) is 66.9 Å². The Labute approximate surface area is 246 Å². The summed E-state index contributed by atoms with van der Waals surface area (Å²) < 4.78 is 22.4. The Balaban J connectivity index is 1.26. The SMILES string of the molecule is C[C@H]1CO[C@H]2CCO[C@@H](C2)[C@@H]2CC[C@H]2CN2C[C@@]3(CCCc4cc(Cl)ccc43)COc3ccc(cc32)C(=O)NS1. The number of anilines is 1. The summed E-state index contributed by atoms with van der Waals surface area (Å²) in [7, 11) is 0. The Kier molecular flexibility index (Phi) is 7.44. The highest BCUT2D eigenvalue weighted by Crippen LogP contribution is 2.47. The second-order valence-electron chi connectivity index (χ2n) is 12.5. The molecule has 1 N–H and O–H groups in total. The summed E-state index contributed by atoms with van der Waals surface area (Å²) >= 11 is 7.87. The van der Waals surface area contributed by atoms with Gasteiger partial charge in [0.1, 0.15) is 5.75 Å². The Hall–Kier alpha value is -1.93. The van der Waals surface area contributed by atoms with Crippen LogP contribution in [0.3, 0.4) is 0 Å². The summed E-state index contributed by atoms with van der Waals surface area (Å²) in [6.45, 7) is 5.93. The van der Waals surface area contributed by atoms with Crippen molar-refractivity contribution in [3.8, 4) is 5.75 Å². The van der Waals surface area contributed by atoms with E-state index in [-0.39, 0.29) is 28.8 Å². The smallest absolute Gasteiger partial charge is 0.261 e. The molecular weight excluding hydrogens is 544 g/mol. The lowest BCUT2D eigenvalue weighted by Crippen LogP contribution is -2.51. The van der Waals surface area contributed by atoms with E-state index in [1.54, 1.807) is 0 Å². The number of hydrogen-bond acceptors (Lipinski definition) is 6. The van der Waals surface area contributed by atoms with Gasteiger partial charge in [0, 0.05) is 47.4 Å². The highest BCUT2D eigenvalue weighted by atomic mass is 35.5. The zero-order valence-electron chi connectivity index (χ0n) is 23.2. The Morgan fingerprint density at radius 1 is 1.12 bits per heavy atom. The Bertz CT molecular complexity index is 1280. The first-order chi connectivity index (χ1) is 19.5. The number of benzene rings is 2. The van der Waals surface area contributed by atoms with Gasteiger partial charge in [-0.1, -0.05) is 17.7 Å². The minimum Gasteiger partial charge on any atom is -0.490 e. The number of nitrogens with one attached hydrogen (secondary N) is 1. The highest BCUT2D eigenvalue weighted by molar-refractivity contribution is 7.98. The highest BCUT2D eigenvalue weighted by Gasteiger charge is 2.45. The monoisotopic (exact) mass is 582 g/mol. The predicted molar refractivity (Wildman–Crippen MR) is 160 cm³/mol. The molecule has 2 fully saturated rings. The van der Waals surface area contributed by atoms with Crippen molar-refractivity contribution in [2.24, 2.45) is 11.8 Å². The lowest BCUT2D eigenvalue weighted by Gasteiger charge is -2.48. The van der Waals surface area contributed by atoms with Crippen molar-refractivity contribution in [2.45, 2.75) is 74.7 Å². The van der Waals surface area contributed by atoms with Crippen LogP contribution in [0.15, 0.2) is 36.4 Å². The third-order valence-corrected chi connectivity index (χ3v) is 11.0. The molecule has 1 saturated heterocycles. The van der Waals surface area contributed by atoms with Gasteiger partial charge in [0.2, 0.25) is 0 Å². The fourth-order valence-corrected chi connectivity index (χ4v) is 8.38. The average Bonchev–Trinajstić information content (AvgIpc) is 3.09. The molecule has 2 aromatic rings. The number of nitrogens with zero attached hydrogens (tertiary/aromatic N) is 1. The van der Waals surface area contributed by atoms with E-state index in [1.807, 2.05) is 24.3 Å². The van der Waals surface area contributed by atoms with E-state index < -0.39 is 0 Å². The molecule has 6 nitrogen and oxygen atoms in total. The van der Waals surface area contributed by atoms with Crippen LogP contribution in [0.4, 0.5) is 5.69 Å². The van der Waals surface area contributed by atoms with Gasteiger partial charge >= 0.3 is 0 Å². The second-order valence-corrected chi connectivity index (χ2v) is 14.2. The maximum Gasteiger partial charge on any atom is 0.261 e. The molecule has 0 aromatic heterocycles. The topological polar surface area (TPSA) is 60.0 Å². The molecule has 3 aliphatic heterocycles. The molecular formula is C32H39ClN2O4S. The predicted octanol–water partition coefficient (Wildman–Crippen LogP) is 6.18. The fraction of sp³-hybridized carbons (Fsp3) is 0.594. The maximum atomic E-state index is 13.3. The third-order valence-electron chi connectivity index (χ3n) is 9.89. The van der Waals surface area contributed by atoms with Gasteiger partial charge in [0.05, 0.1) is 31.1 Å². The van der Waals surface area contributed by atoms with Crippen LogP contribution in [0.25, 0.3) is 0 Å². The normalized spacial score (nSPS) is 34.0. The van der Waals surface area contributed by atoms with E-state index in [0.29, 0.717) is 30.6 Å². The largest absolute Gasteiger partial charge is 0.490 e. The molecule has 1 amide bonds. The van der Waals surface area contributed by atoms with E-state index >= 15 is 0 Å². The van der Waals surface area contributed by atoms with Gasteiger partial charge < -0.3 is 19.1 Å². The van der Waals surface area contributed by atoms with Crippen LogP contribution in [0.2, 0.25) is 5.02 Å². The van der Waals surface area contributed by atoms with Crippen LogP contribution in [0, 0.1) is 11.8 Å². The van der Waals surface area contributed by atoms with Gasteiger partial charge in [-0.15, -0.1) is 0 Å². The minimum atomic E-state index is -0.120. The summed E-state index contributed by atoms with van der Waals surface area (Å²) in [4.78, 5) is 15.8. The van der Waals surface area contributed by atoms with Gasteiger partial charge in [-0.05, 0) is 111 Å².